The van der Waals surface area contributed by atoms with Gasteiger partial charge >= 0.3 is 0 Å². The molecule has 2 heteroatoms. The zero-order valence-electron chi connectivity index (χ0n) is 7.24. The number of hydrogen-bond acceptors (Lipinski definition) is 2. The van der Waals surface area contributed by atoms with Crippen LogP contribution in [0.4, 0.5) is 0 Å². The Bertz CT molecular complexity index is 304. The Morgan fingerprint density at radius 3 is 2.75 bits per heavy atom. The summed E-state index contributed by atoms with van der Waals surface area (Å²) in [5.74, 6) is -0.187. The molecule has 0 saturated heterocycles. The fourth-order valence-electron chi connectivity index (χ4n) is 1.53. The zero-order valence-corrected chi connectivity index (χ0v) is 7.24. The first-order chi connectivity index (χ1) is 5.61. The number of benzene rings is 1. The maximum Gasteiger partial charge on any atom is 0.212 e. The van der Waals surface area contributed by atoms with Gasteiger partial charge in [0.25, 0.3) is 0 Å². The third kappa shape index (κ3) is 0.916. The van der Waals surface area contributed by atoms with Crippen LogP contribution in [-0.2, 0) is 0 Å². The predicted molar refractivity (Wildman–Crippen MR) is 46.1 cm³/mol. The van der Waals surface area contributed by atoms with E-state index in [1.165, 1.54) is 0 Å². The topological polar surface area (TPSA) is 29.5 Å². The summed E-state index contributed by atoms with van der Waals surface area (Å²) in [5, 5.41) is 9.76. The third-order valence-electron chi connectivity index (χ3n) is 2.51. The second-order valence-electron chi connectivity index (χ2n) is 3.42. The van der Waals surface area contributed by atoms with Crippen molar-refractivity contribution in [1.82, 2.24) is 0 Å². The molecule has 0 radical (unpaired) electrons. The van der Waals surface area contributed by atoms with Crippen molar-refractivity contribution in [1.29, 1.82) is 0 Å². The molecule has 1 aromatic carbocycles. The normalized spacial score (nSPS) is 32.8. The summed E-state index contributed by atoms with van der Waals surface area (Å²) in [7, 11) is 0. The second-order valence-corrected chi connectivity index (χ2v) is 3.42. The summed E-state index contributed by atoms with van der Waals surface area (Å²) in [5.41, 5.74) is 1.09. The molecule has 64 valence electrons. The summed E-state index contributed by atoms with van der Waals surface area (Å²) in [6.07, 6.45) is 0. The van der Waals surface area contributed by atoms with Crippen LogP contribution in [0.15, 0.2) is 24.3 Å². The van der Waals surface area contributed by atoms with E-state index in [9.17, 15) is 5.11 Å². The fourth-order valence-corrected chi connectivity index (χ4v) is 1.53. The lowest BCUT2D eigenvalue weighted by Gasteiger charge is -2.21. The molecule has 2 nitrogen and oxygen atoms in total. The van der Waals surface area contributed by atoms with Crippen molar-refractivity contribution in [3.8, 4) is 5.75 Å². The molecule has 1 aliphatic heterocycles. The Kier molecular flexibility index (Phi) is 1.42. The molecule has 0 spiro atoms. The summed E-state index contributed by atoms with van der Waals surface area (Å²) in [6, 6.07) is 7.74. The third-order valence-corrected chi connectivity index (χ3v) is 2.51. The van der Waals surface area contributed by atoms with Crippen molar-refractivity contribution in [3.05, 3.63) is 29.8 Å². The van der Waals surface area contributed by atoms with Crippen LogP contribution < -0.4 is 4.74 Å². The van der Waals surface area contributed by atoms with E-state index in [-0.39, 0.29) is 5.92 Å². The van der Waals surface area contributed by atoms with Crippen molar-refractivity contribution in [2.75, 3.05) is 0 Å². The molecule has 0 fully saturated rings. The molecule has 0 aliphatic carbocycles. The van der Waals surface area contributed by atoms with Crippen LogP contribution in [0.5, 0.6) is 5.75 Å². The van der Waals surface area contributed by atoms with E-state index in [2.05, 4.69) is 0 Å². The van der Waals surface area contributed by atoms with E-state index in [0.29, 0.717) is 0 Å². The van der Waals surface area contributed by atoms with Gasteiger partial charge in [-0.15, -0.1) is 0 Å². The summed E-state index contributed by atoms with van der Waals surface area (Å²) in [4.78, 5) is 0. The van der Waals surface area contributed by atoms with E-state index in [1.807, 2.05) is 31.2 Å². The highest BCUT2D eigenvalue weighted by molar-refractivity contribution is 5.41. The van der Waals surface area contributed by atoms with Gasteiger partial charge in [-0.05, 0) is 6.07 Å². The fraction of sp³-hybridized carbons (Fsp3) is 0.400. The Morgan fingerprint density at radius 1 is 1.42 bits per heavy atom. The summed E-state index contributed by atoms with van der Waals surface area (Å²) >= 11 is 0. The predicted octanol–water partition coefficient (Wildman–Crippen LogP) is 1.89. The average Bonchev–Trinajstić information content (AvgIpc) is 2.24. The molecule has 0 aromatic heterocycles. The first kappa shape index (κ1) is 7.62. The van der Waals surface area contributed by atoms with Crippen molar-refractivity contribution in [3.63, 3.8) is 0 Å². The van der Waals surface area contributed by atoms with Crippen LogP contribution in [0.1, 0.15) is 25.3 Å². The van der Waals surface area contributed by atoms with Crippen LogP contribution >= 0.6 is 0 Å². The smallest absolute Gasteiger partial charge is 0.212 e. The number of para-hydroxylation sites is 1. The molecule has 2 unspecified atom stereocenters. The summed E-state index contributed by atoms with van der Waals surface area (Å²) in [6.45, 7) is 3.66. The lowest BCUT2D eigenvalue weighted by molar-refractivity contribution is -0.119. The first-order valence-corrected chi connectivity index (χ1v) is 4.11. The highest BCUT2D eigenvalue weighted by atomic mass is 16.6. The van der Waals surface area contributed by atoms with Gasteiger partial charge in [-0.3, -0.25) is 0 Å². The van der Waals surface area contributed by atoms with Crippen molar-refractivity contribution >= 4 is 0 Å². The number of aliphatic hydroxyl groups is 1. The van der Waals surface area contributed by atoms with Crippen LogP contribution in [0, 0.1) is 0 Å². The molecule has 2 rings (SSSR count). The number of rotatable bonds is 0. The van der Waals surface area contributed by atoms with Crippen LogP contribution in [0.25, 0.3) is 0 Å². The lowest BCUT2D eigenvalue weighted by Crippen LogP contribution is -2.32. The number of fused-ring (bicyclic) bond motifs is 1. The number of ether oxygens (including phenoxy) is 1. The van der Waals surface area contributed by atoms with Crippen molar-refractivity contribution in [2.45, 2.75) is 25.6 Å². The Morgan fingerprint density at radius 2 is 2.08 bits per heavy atom. The first-order valence-electron chi connectivity index (χ1n) is 4.11. The molecule has 0 bridgehead atoms. The van der Waals surface area contributed by atoms with Crippen LogP contribution in [0.3, 0.4) is 0 Å². The Balaban J connectivity index is 2.49. The van der Waals surface area contributed by atoms with Gasteiger partial charge in [-0.2, -0.15) is 0 Å². The van der Waals surface area contributed by atoms with Gasteiger partial charge in [0.2, 0.25) is 5.79 Å². The SMILES string of the molecule is CC1c2ccccc2OC1(C)O. The molecular formula is C10H12O2. The van der Waals surface area contributed by atoms with E-state index < -0.39 is 5.79 Å². The summed E-state index contributed by atoms with van der Waals surface area (Å²) < 4.78 is 5.36. The molecule has 12 heavy (non-hydrogen) atoms. The zero-order chi connectivity index (χ0) is 8.77. The molecular weight excluding hydrogens is 152 g/mol. The van der Waals surface area contributed by atoms with Gasteiger partial charge in [0, 0.05) is 18.4 Å². The van der Waals surface area contributed by atoms with Crippen molar-refractivity contribution in [2.24, 2.45) is 0 Å². The standard InChI is InChI=1S/C10H12O2/c1-7-8-5-3-4-6-9(8)12-10(7,2)11/h3-7,11H,1-2H3. The highest BCUT2D eigenvalue weighted by Crippen LogP contribution is 2.42. The van der Waals surface area contributed by atoms with Gasteiger partial charge in [-0.25, -0.2) is 0 Å². The minimum absolute atomic E-state index is 0.0497. The average molecular weight is 164 g/mol. The van der Waals surface area contributed by atoms with Crippen LogP contribution in [-0.4, -0.2) is 10.9 Å². The molecule has 1 aromatic rings. The highest BCUT2D eigenvalue weighted by Gasteiger charge is 2.39. The molecule has 1 heterocycles. The molecule has 1 N–H and O–H groups in total. The quantitative estimate of drug-likeness (QED) is 0.634. The van der Waals surface area contributed by atoms with Gasteiger partial charge < -0.3 is 9.84 Å². The molecule has 2 atom stereocenters. The van der Waals surface area contributed by atoms with E-state index in [4.69, 9.17) is 4.74 Å². The monoisotopic (exact) mass is 164 g/mol. The number of hydrogen-bond donors (Lipinski definition) is 1. The van der Waals surface area contributed by atoms with Gasteiger partial charge in [0.15, 0.2) is 0 Å². The molecule has 0 amide bonds. The van der Waals surface area contributed by atoms with E-state index >= 15 is 0 Å². The molecule has 1 aliphatic rings. The van der Waals surface area contributed by atoms with E-state index in [1.54, 1.807) is 6.92 Å². The minimum atomic E-state index is -1.04. The molecule has 0 saturated carbocycles. The van der Waals surface area contributed by atoms with Crippen LogP contribution in [0.2, 0.25) is 0 Å². The van der Waals surface area contributed by atoms with Gasteiger partial charge in [0.05, 0.1) is 0 Å². The van der Waals surface area contributed by atoms with Gasteiger partial charge in [0.1, 0.15) is 5.75 Å². The van der Waals surface area contributed by atoms with Gasteiger partial charge in [-0.1, -0.05) is 25.1 Å². The minimum Gasteiger partial charge on any atom is -0.462 e. The maximum absolute atomic E-state index is 9.76. The maximum atomic E-state index is 9.76. The Labute approximate surface area is 71.8 Å². The largest absolute Gasteiger partial charge is 0.462 e. The second kappa shape index (κ2) is 2.23. The van der Waals surface area contributed by atoms with E-state index in [0.717, 1.165) is 11.3 Å². The lowest BCUT2D eigenvalue weighted by atomic mass is 9.96. The Hall–Kier alpha value is -1.02. The van der Waals surface area contributed by atoms with Crippen molar-refractivity contribution < 1.29 is 9.84 Å².